The van der Waals surface area contributed by atoms with Gasteiger partial charge >= 0.3 is 6.03 Å². The second-order valence-corrected chi connectivity index (χ2v) is 7.67. The standard InChI is InChI=1S/C18H21N3O2S/c1-12-15(24-13(2)19-12)11-21-16(22)18(3,20-17(21)23)10-9-14-7-5-4-6-8-14/h4-8H,9-11H2,1-3H3,(H,20,23)/t18-/m0/s1. The van der Waals surface area contributed by atoms with Crippen LogP contribution in [0.1, 0.15) is 34.5 Å². The van der Waals surface area contributed by atoms with Crippen LogP contribution in [0, 0.1) is 13.8 Å². The molecule has 0 unspecified atom stereocenters. The van der Waals surface area contributed by atoms with Crippen LogP contribution in [0.15, 0.2) is 30.3 Å². The average Bonchev–Trinajstić information content (AvgIpc) is 2.98. The van der Waals surface area contributed by atoms with Gasteiger partial charge in [0, 0.05) is 4.88 Å². The van der Waals surface area contributed by atoms with E-state index in [1.165, 1.54) is 16.2 Å². The van der Waals surface area contributed by atoms with Crippen LogP contribution < -0.4 is 5.32 Å². The molecule has 24 heavy (non-hydrogen) atoms. The Hall–Kier alpha value is -2.21. The van der Waals surface area contributed by atoms with Crippen molar-refractivity contribution in [1.29, 1.82) is 0 Å². The maximum Gasteiger partial charge on any atom is 0.325 e. The van der Waals surface area contributed by atoms with Crippen LogP contribution in [0.25, 0.3) is 0 Å². The van der Waals surface area contributed by atoms with Crippen LogP contribution in [0.3, 0.4) is 0 Å². The van der Waals surface area contributed by atoms with Crippen LogP contribution in [0.2, 0.25) is 0 Å². The predicted molar refractivity (Wildman–Crippen MR) is 93.8 cm³/mol. The number of rotatable bonds is 5. The van der Waals surface area contributed by atoms with Crippen LogP contribution in [0.5, 0.6) is 0 Å². The molecule has 5 nitrogen and oxygen atoms in total. The molecule has 3 amide bonds. The normalized spacial score (nSPS) is 20.5. The van der Waals surface area contributed by atoms with E-state index in [4.69, 9.17) is 0 Å². The number of aromatic nitrogens is 1. The van der Waals surface area contributed by atoms with Crippen molar-refractivity contribution < 1.29 is 9.59 Å². The van der Waals surface area contributed by atoms with Crippen LogP contribution in [-0.2, 0) is 17.8 Å². The molecule has 0 aliphatic carbocycles. The predicted octanol–water partition coefficient (Wildman–Crippen LogP) is 3.20. The van der Waals surface area contributed by atoms with Crippen molar-refractivity contribution in [2.75, 3.05) is 0 Å². The first-order valence-corrected chi connectivity index (χ1v) is 8.81. The second-order valence-electron chi connectivity index (χ2n) is 6.38. The molecule has 1 atom stereocenters. The number of hydrogen-bond donors (Lipinski definition) is 1. The van der Waals surface area contributed by atoms with Gasteiger partial charge in [-0.15, -0.1) is 11.3 Å². The van der Waals surface area contributed by atoms with E-state index >= 15 is 0 Å². The fourth-order valence-electron chi connectivity index (χ4n) is 2.96. The number of nitrogens with zero attached hydrogens (tertiary/aromatic N) is 2. The van der Waals surface area contributed by atoms with Gasteiger partial charge in [0.15, 0.2) is 0 Å². The van der Waals surface area contributed by atoms with Gasteiger partial charge in [0.05, 0.1) is 17.2 Å². The SMILES string of the molecule is Cc1nc(C)c(CN2C(=O)N[C@@](C)(CCc3ccccc3)C2=O)s1. The van der Waals surface area contributed by atoms with E-state index in [0.717, 1.165) is 27.6 Å². The van der Waals surface area contributed by atoms with Gasteiger partial charge in [0.1, 0.15) is 5.54 Å². The van der Waals surface area contributed by atoms with Gasteiger partial charge in [-0.25, -0.2) is 9.78 Å². The lowest BCUT2D eigenvalue weighted by Gasteiger charge is -2.21. The number of thiazole rings is 1. The Morgan fingerprint density at radius 2 is 1.92 bits per heavy atom. The van der Waals surface area contributed by atoms with Crippen molar-refractivity contribution >= 4 is 23.3 Å². The summed E-state index contributed by atoms with van der Waals surface area (Å²) in [4.78, 5) is 31.8. The van der Waals surface area contributed by atoms with Crippen molar-refractivity contribution in [2.45, 2.75) is 45.7 Å². The first-order valence-electron chi connectivity index (χ1n) is 8.00. The van der Waals surface area contributed by atoms with Gasteiger partial charge in [-0.05, 0) is 39.2 Å². The molecule has 1 aromatic carbocycles. The van der Waals surface area contributed by atoms with Gasteiger partial charge in [-0.1, -0.05) is 30.3 Å². The smallest absolute Gasteiger partial charge is 0.323 e. The van der Waals surface area contributed by atoms with Crippen LogP contribution in [-0.4, -0.2) is 27.4 Å². The number of hydrogen-bond acceptors (Lipinski definition) is 4. The molecule has 3 rings (SSSR count). The molecule has 126 valence electrons. The summed E-state index contributed by atoms with van der Waals surface area (Å²) in [5.41, 5.74) is 1.20. The maximum absolute atomic E-state index is 12.8. The zero-order valence-electron chi connectivity index (χ0n) is 14.1. The molecule has 0 radical (unpaired) electrons. The summed E-state index contributed by atoms with van der Waals surface area (Å²) in [6.45, 7) is 5.94. The number of carbonyl (C=O) groups excluding carboxylic acids is 2. The number of amides is 3. The molecule has 2 aromatic rings. The molecule has 0 saturated carbocycles. The molecule has 1 aliphatic rings. The van der Waals surface area contributed by atoms with Gasteiger partial charge in [0.25, 0.3) is 5.91 Å². The van der Waals surface area contributed by atoms with E-state index in [2.05, 4.69) is 10.3 Å². The van der Waals surface area contributed by atoms with Crippen LogP contribution in [0.4, 0.5) is 4.79 Å². The first kappa shape index (κ1) is 16.6. The Labute approximate surface area is 145 Å². The number of carbonyl (C=O) groups is 2. The maximum atomic E-state index is 12.8. The Bertz CT molecular complexity index is 772. The molecular weight excluding hydrogens is 322 g/mol. The highest BCUT2D eigenvalue weighted by molar-refractivity contribution is 7.11. The lowest BCUT2D eigenvalue weighted by Crippen LogP contribution is -2.44. The summed E-state index contributed by atoms with van der Waals surface area (Å²) in [6.07, 6.45) is 1.33. The minimum absolute atomic E-state index is 0.158. The summed E-state index contributed by atoms with van der Waals surface area (Å²) in [5, 5.41) is 3.81. The number of benzene rings is 1. The van der Waals surface area contributed by atoms with Crippen molar-refractivity contribution in [1.82, 2.24) is 15.2 Å². The van der Waals surface area contributed by atoms with Gasteiger partial charge in [-0.3, -0.25) is 9.69 Å². The zero-order valence-corrected chi connectivity index (χ0v) is 14.9. The number of nitrogens with one attached hydrogen (secondary N) is 1. The highest BCUT2D eigenvalue weighted by Crippen LogP contribution is 2.27. The van der Waals surface area contributed by atoms with Gasteiger partial charge in [0.2, 0.25) is 0 Å². The Balaban J connectivity index is 1.72. The fourth-order valence-corrected chi connectivity index (χ4v) is 3.89. The number of urea groups is 1. The highest BCUT2D eigenvalue weighted by Gasteiger charge is 2.47. The molecule has 1 saturated heterocycles. The van der Waals surface area contributed by atoms with E-state index in [-0.39, 0.29) is 11.9 Å². The summed E-state index contributed by atoms with van der Waals surface area (Å²) in [5.74, 6) is -0.158. The van der Waals surface area contributed by atoms with E-state index in [1.54, 1.807) is 6.92 Å². The fraction of sp³-hybridized carbons (Fsp3) is 0.389. The monoisotopic (exact) mass is 343 g/mol. The topological polar surface area (TPSA) is 62.3 Å². The quantitative estimate of drug-likeness (QED) is 0.848. The van der Waals surface area contributed by atoms with Crippen molar-refractivity contribution in [3.8, 4) is 0 Å². The van der Waals surface area contributed by atoms with E-state index < -0.39 is 5.54 Å². The van der Waals surface area contributed by atoms with Gasteiger partial charge < -0.3 is 5.32 Å². The molecule has 0 bridgehead atoms. The molecule has 1 fully saturated rings. The van der Waals surface area contributed by atoms with E-state index in [1.807, 2.05) is 44.2 Å². The van der Waals surface area contributed by atoms with Crippen molar-refractivity contribution in [3.63, 3.8) is 0 Å². The van der Waals surface area contributed by atoms with E-state index in [9.17, 15) is 9.59 Å². The largest absolute Gasteiger partial charge is 0.325 e. The Morgan fingerprint density at radius 3 is 2.54 bits per heavy atom. The van der Waals surface area contributed by atoms with Crippen LogP contribution >= 0.6 is 11.3 Å². The van der Waals surface area contributed by atoms with E-state index in [0.29, 0.717) is 13.0 Å². The molecule has 2 heterocycles. The molecule has 1 aromatic heterocycles. The third-order valence-corrected chi connectivity index (χ3v) is 5.46. The summed E-state index contributed by atoms with van der Waals surface area (Å²) < 4.78 is 0. The Kier molecular flexibility index (Phi) is 4.41. The molecular formula is C18H21N3O2S. The molecule has 1 N–H and O–H groups in total. The van der Waals surface area contributed by atoms with Crippen molar-refractivity contribution in [2.24, 2.45) is 0 Å². The average molecular weight is 343 g/mol. The molecule has 0 spiro atoms. The minimum Gasteiger partial charge on any atom is -0.323 e. The summed E-state index contributed by atoms with van der Waals surface area (Å²) in [6, 6.07) is 9.68. The molecule has 6 heteroatoms. The second kappa shape index (κ2) is 6.36. The highest BCUT2D eigenvalue weighted by atomic mass is 32.1. The lowest BCUT2D eigenvalue weighted by atomic mass is 9.93. The third kappa shape index (κ3) is 3.19. The Morgan fingerprint density at radius 1 is 1.21 bits per heavy atom. The molecule has 1 aliphatic heterocycles. The first-order chi connectivity index (χ1) is 11.4. The summed E-state index contributed by atoms with van der Waals surface area (Å²) in [7, 11) is 0. The van der Waals surface area contributed by atoms with Gasteiger partial charge in [-0.2, -0.15) is 0 Å². The number of aryl methyl sites for hydroxylation is 3. The summed E-state index contributed by atoms with van der Waals surface area (Å²) >= 11 is 1.53. The number of imide groups is 1. The zero-order chi connectivity index (χ0) is 17.3. The minimum atomic E-state index is -0.847. The van der Waals surface area contributed by atoms with Crippen molar-refractivity contribution in [3.05, 3.63) is 51.5 Å². The lowest BCUT2D eigenvalue weighted by molar-refractivity contribution is -0.131. The third-order valence-electron chi connectivity index (χ3n) is 4.40.